The SMILES string of the molecule is CCC(=O)Nc1ccc(C(=O)N/N=C\[C@@H]2C(=O)NC(=O)N(c3ccc(OC)cc3)C2=O)cc1. The largest absolute Gasteiger partial charge is 0.497 e. The number of rotatable bonds is 7. The van der Waals surface area contributed by atoms with Crippen molar-refractivity contribution < 1.29 is 28.7 Å². The van der Waals surface area contributed by atoms with Crippen LogP contribution in [0.2, 0.25) is 0 Å². The zero-order chi connectivity index (χ0) is 24.0. The number of hydrazone groups is 1. The molecule has 0 spiro atoms. The Morgan fingerprint density at radius 2 is 1.76 bits per heavy atom. The van der Waals surface area contributed by atoms with Gasteiger partial charge in [0, 0.05) is 23.9 Å². The fourth-order valence-corrected chi connectivity index (χ4v) is 2.89. The van der Waals surface area contributed by atoms with Crippen LogP contribution in [-0.4, -0.2) is 43.0 Å². The van der Waals surface area contributed by atoms with E-state index in [1.165, 1.54) is 31.4 Å². The maximum absolute atomic E-state index is 12.8. The van der Waals surface area contributed by atoms with Gasteiger partial charge in [-0.25, -0.2) is 15.1 Å². The number of amides is 6. The highest BCUT2D eigenvalue weighted by Crippen LogP contribution is 2.23. The van der Waals surface area contributed by atoms with Crippen LogP contribution in [0, 0.1) is 5.92 Å². The summed E-state index contributed by atoms with van der Waals surface area (Å²) in [4.78, 5) is 61.6. The number of imide groups is 2. The molecule has 0 unspecified atom stereocenters. The smallest absolute Gasteiger partial charge is 0.335 e. The number of hydrogen-bond donors (Lipinski definition) is 3. The quantitative estimate of drug-likeness (QED) is 0.331. The highest BCUT2D eigenvalue weighted by molar-refractivity contribution is 6.32. The topological polar surface area (TPSA) is 146 Å². The van der Waals surface area contributed by atoms with Crippen molar-refractivity contribution in [3.05, 3.63) is 54.1 Å². The van der Waals surface area contributed by atoms with Crippen molar-refractivity contribution in [1.29, 1.82) is 0 Å². The number of anilines is 2. The van der Waals surface area contributed by atoms with Crippen LogP contribution in [-0.2, 0) is 14.4 Å². The van der Waals surface area contributed by atoms with Gasteiger partial charge in [0.1, 0.15) is 5.75 Å². The Morgan fingerprint density at radius 3 is 2.36 bits per heavy atom. The van der Waals surface area contributed by atoms with E-state index in [-0.39, 0.29) is 17.2 Å². The molecule has 1 heterocycles. The summed E-state index contributed by atoms with van der Waals surface area (Å²) >= 11 is 0. The summed E-state index contributed by atoms with van der Waals surface area (Å²) in [6, 6.07) is 11.3. The first-order valence-electron chi connectivity index (χ1n) is 9.90. The highest BCUT2D eigenvalue weighted by atomic mass is 16.5. The fraction of sp³-hybridized carbons (Fsp3) is 0.182. The Labute approximate surface area is 188 Å². The summed E-state index contributed by atoms with van der Waals surface area (Å²) in [7, 11) is 1.48. The first kappa shape index (κ1) is 23.1. The van der Waals surface area contributed by atoms with Gasteiger partial charge in [-0.1, -0.05) is 6.92 Å². The summed E-state index contributed by atoms with van der Waals surface area (Å²) in [6.45, 7) is 1.72. The van der Waals surface area contributed by atoms with E-state index in [0.29, 0.717) is 17.9 Å². The van der Waals surface area contributed by atoms with Crippen LogP contribution in [0.5, 0.6) is 5.75 Å². The van der Waals surface area contributed by atoms with Crippen LogP contribution in [0.1, 0.15) is 23.7 Å². The molecule has 170 valence electrons. The van der Waals surface area contributed by atoms with Crippen LogP contribution < -0.4 is 25.7 Å². The lowest BCUT2D eigenvalue weighted by Crippen LogP contribution is -2.58. The van der Waals surface area contributed by atoms with Crippen LogP contribution >= 0.6 is 0 Å². The van der Waals surface area contributed by atoms with Crippen LogP contribution in [0.4, 0.5) is 16.2 Å². The Hall–Kier alpha value is -4.54. The molecule has 1 fully saturated rings. The zero-order valence-electron chi connectivity index (χ0n) is 17.8. The summed E-state index contributed by atoms with van der Waals surface area (Å²) in [6.07, 6.45) is 1.28. The lowest BCUT2D eigenvalue weighted by molar-refractivity contribution is -0.131. The predicted molar refractivity (Wildman–Crippen MR) is 119 cm³/mol. The lowest BCUT2D eigenvalue weighted by Gasteiger charge is -2.28. The van der Waals surface area contributed by atoms with Gasteiger partial charge in [0.2, 0.25) is 11.8 Å². The molecule has 1 aliphatic heterocycles. The van der Waals surface area contributed by atoms with Gasteiger partial charge in [-0.2, -0.15) is 5.10 Å². The van der Waals surface area contributed by atoms with Gasteiger partial charge in [0.25, 0.3) is 11.8 Å². The third-order valence-electron chi connectivity index (χ3n) is 4.67. The summed E-state index contributed by atoms with van der Waals surface area (Å²) in [5.41, 5.74) is 3.25. The maximum atomic E-state index is 12.8. The molecule has 11 nitrogen and oxygen atoms in total. The average Bonchev–Trinajstić information content (AvgIpc) is 2.81. The Morgan fingerprint density at radius 1 is 1.09 bits per heavy atom. The number of nitrogens with one attached hydrogen (secondary N) is 3. The van der Waals surface area contributed by atoms with E-state index in [4.69, 9.17) is 4.74 Å². The van der Waals surface area contributed by atoms with E-state index < -0.39 is 29.7 Å². The first-order chi connectivity index (χ1) is 15.8. The Kier molecular flexibility index (Phi) is 7.13. The van der Waals surface area contributed by atoms with Gasteiger partial charge in [0.15, 0.2) is 5.92 Å². The van der Waals surface area contributed by atoms with Crippen molar-refractivity contribution in [2.24, 2.45) is 11.0 Å². The molecule has 0 saturated carbocycles. The number of carbonyl (C=O) groups is 5. The van der Waals surface area contributed by atoms with Crippen LogP contribution in [0.15, 0.2) is 53.6 Å². The molecule has 3 rings (SSSR count). The van der Waals surface area contributed by atoms with Crippen molar-refractivity contribution in [2.75, 3.05) is 17.3 Å². The summed E-state index contributed by atoms with van der Waals surface area (Å²) in [5.74, 6) is -3.31. The fourth-order valence-electron chi connectivity index (χ4n) is 2.89. The maximum Gasteiger partial charge on any atom is 0.335 e. The normalized spacial score (nSPS) is 15.9. The third-order valence-corrected chi connectivity index (χ3v) is 4.67. The van der Waals surface area contributed by atoms with Gasteiger partial charge >= 0.3 is 6.03 Å². The number of carbonyl (C=O) groups excluding carboxylic acids is 5. The zero-order valence-corrected chi connectivity index (χ0v) is 17.8. The van der Waals surface area contributed by atoms with Crippen molar-refractivity contribution >= 4 is 47.2 Å². The molecule has 2 aromatic rings. The minimum Gasteiger partial charge on any atom is -0.497 e. The molecule has 1 saturated heterocycles. The molecule has 6 amide bonds. The first-order valence-corrected chi connectivity index (χ1v) is 9.90. The summed E-state index contributed by atoms with van der Waals surface area (Å²) in [5, 5.41) is 8.45. The number of urea groups is 1. The number of barbiturate groups is 1. The second kappa shape index (κ2) is 10.2. The minimum absolute atomic E-state index is 0.158. The molecule has 0 aromatic heterocycles. The number of ether oxygens (including phenoxy) is 1. The van der Waals surface area contributed by atoms with Crippen molar-refractivity contribution in [3.63, 3.8) is 0 Å². The molecular formula is C22H21N5O6. The Bertz CT molecular complexity index is 1110. The lowest BCUT2D eigenvalue weighted by atomic mass is 10.1. The van der Waals surface area contributed by atoms with Crippen molar-refractivity contribution in [3.8, 4) is 5.75 Å². The summed E-state index contributed by atoms with van der Waals surface area (Å²) < 4.78 is 5.05. The van der Waals surface area contributed by atoms with Gasteiger partial charge < -0.3 is 10.1 Å². The van der Waals surface area contributed by atoms with E-state index in [9.17, 15) is 24.0 Å². The van der Waals surface area contributed by atoms with Gasteiger partial charge in [0.05, 0.1) is 12.8 Å². The second-order valence-electron chi connectivity index (χ2n) is 6.84. The molecular weight excluding hydrogens is 430 g/mol. The molecule has 11 heteroatoms. The minimum atomic E-state index is -1.42. The van der Waals surface area contributed by atoms with Gasteiger partial charge in [-0.3, -0.25) is 24.5 Å². The van der Waals surface area contributed by atoms with E-state index in [1.807, 2.05) is 0 Å². The van der Waals surface area contributed by atoms with E-state index in [2.05, 4.69) is 21.2 Å². The van der Waals surface area contributed by atoms with Crippen molar-refractivity contribution in [2.45, 2.75) is 13.3 Å². The molecule has 0 bridgehead atoms. The van der Waals surface area contributed by atoms with E-state index in [1.54, 1.807) is 31.2 Å². The number of nitrogens with zero attached hydrogens (tertiary/aromatic N) is 2. The molecule has 1 aliphatic rings. The molecule has 3 N–H and O–H groups in total. The standard InChI is InChI=1S/C22H21N5O6/c1-3-18(28)24-14-6-4-13(5-7-14)19(29)26-23-12-17-20(30)25-22(32)27(21(17)31)15-8-10-16(33-2)11-9-15/h4-12,17H,3H2,1-2H3,(H,24,28)(H,26,29)(H,25,30,32)/b23-12-/t17-/m1/s1. The molecule has 1 atom stereocenters. The Balaban J connectivity index is 1.67. The van der Waals surface area contributed by atoms with Gasteiger partial charge in [-0.15, -0.1) is 0 Å². The number of hydrogen-bond acceptors (Lipinski definition) is 7. The molecule has 0 radical (unpaired) electrons. The van der Waals surface area contributed by atoms with Crippen LogP contribution in [0.25, 0.3) is 0 Å². The molecule has 2 aromatic carbocycles. The average molecular weight is 451 g/mol. The highest BCUT2D eigenvalue weighted by Gasteiger charge is 2.40. The van der Waals surface area contributed by atoms with Crippen LogP contribution in [0.3, 0.4) is 0 Å². The number of methoxy groups -OCH3 is 1. The van der Waals surface area contributed by atoms with E-state index >= 15 is 0 Å². The van der Waals surface area contributed by atoms with E-state index in [0.717, 1.165) is 11.1 Å². The monoisotopic (exact) mass is 451 g/mol. The second-order valence-corrected chi connectivity index (χ2v) is 6.84. The number of benzene rings is 2. The molecule has 0 aliphatic carbocycles. The van der Waals surface area contributed by atoms with Gasteiger partial charge in [-0.05, 0) is 48.5 Å². The third kappa shape index (κ3) is 5.39. The van der Waals surface area contributed by atoms with Crippen molar-refractivity contribution in [1.82, 2.24) is 10.7 Å². The predicted octanol–water partition coefficient (Wildman–Crippen LogP) is 1.66. The molecule has 33 heavy (non-hydrogen) atoms.